The van der Waals surface area contributed by atoms with E-state index < -0.39 is 0 Å². The smallest absolute Gasteiger partial charge is 0.116 e. The molecule has 0 aliphatic heterocycles. The van der Waals surface area contributed by atoms with E-state index in [1.54, 1.807) is 4.68 Å². The Kier molecular flexibility index (Phi) is 4.22. The zero-order valence-electron chi connectivity index (χ0n) is 12.2. The fourth-order valence-corrected chi connectivity index (χ4v) is 2.58. The molecule has 1 heterocycles. The summed E-state index contributed by atoms with van der Waals surface area (Å²) in [7, 11) is 0. The lowest BCUT2D eigenvalue weighted by Gasteiger charge is -2.09. The highest BCUT2D eigenvalue weighted by Crippen LogP contribution is 2.25. The number of hydrogen-bond donors (Lipinski definition) is 1. The topological polar surface area (TPSA) is 50.9 Å². The van der Waals surface area contributed by atoms with Crippen LogP contribution in [0.5, 0.6) is 0 Å². The van der Waals surface area contributed by atoms with Gasteiger partial charge in [0.05, 0.1) is 18.8 Å². The van der Waals surface area contributed by atoms with Crippen LogP contribution in [0.1, 0.15) is 16.8 Å². The predicted molar refractivity (Wildman–Crippen MR) is 86.7 cm³/mol. The molecule has 22 heavy (non-hydrogen) atoms. The Bertz CT molecular complexity index is 781. The molecule has 0 saturated heterocycles. The number of hydrogen-bond acceptors (Lipinski definition) is 3. The van der Waals surface area contributed by atoms with Crippen LogP contribution in [0.4, 0.5) is 0 Å². The van der Waals surface area contributed by atoms with Crippen molar-refractivity contribution in [1.82, 2.24) is 15.0 Å². The van der Waals surface area contributed by atoms with Crippen LogP contribution in [0.2, 0.25) is 5.02 Å². The maximum Gasteiger partial charge on any atom is 0.116 e. The molecule has 0 radical (unpaired) electrons. The van der Waals surface area contributed by atoms with Crippen molar-refractivity contribution in [3.63, 3.8) is 0 Å². The van der Waals surface area contributed by atoms with Gasteiger partial charge in [-0.2, -0.15) is 0 Å². The van der Waals surface area contributed by atoms with Crippen molar-refractivity contribution in [1.29, 1.82) is 0 Å². The largest absolute Gasteiger partial charge is 0.390 e. The molecule has 4 nitrogen and oxygen atoms in total. The third kappa shape index (κ3) is 2.89. The van der Waals surface area contributed by atoms with Crippen LogP contribution in [0, 0.1) is 6.92 Å². The number of aryl methyl sites for hydroxylation is 1. The van der Waals surface area contributed by atoms with Gasteiger partial charge in [-0.05, 0) is 18.6 Å². The highest BCUT2D eigenvalue weighted by Gasteiger charge is 2.15. The molecule has 3 aromatic rings. The molecular weight excluding hydrogens is 298 g/mol. The average molecular weight is 314 g/mol. The summed E-state index contributed by atoms with van der Waals surface area (Å²) in [6, 6.07) is 15.7. The number of benzene rings is 2. The van der Waals surface area contributed by atoms with Gasteiger partial charge >= 0.3 is 0 Å². The minimum Gasteiger partial charge on any atom is -0.390 e. The van der Waals surface area contributed by atoms with E-state index in [-0.39, 0.29) is 6.61 Å². The highest BCUT2D eigenvalue weighted by molar-refractivity contribution is 6.31. The van der Waals surface area contributed by atoms with Crippen LogP contribution in [0.3, 0.4) is 0 Å². The molecular formula is C17H16ClN3O. The molecule has 112 valence electrons. The Morgan fingerprint density at radius 2 is 1.82 bits per heavy atom. The quantitative estimate of drug-likeness (QED) is 0.802. The van der Waals surface area contributed by atoms with E-state index in [1.807, 2.05) is 55.5 Å². The molecule has 1 N–H and O–H groups in total. The fourth-order valence-electron chi connectivity index (χ4n) is 2.38. The van der Waals surface area contributed by atoms with Gasteiger partial charge in [0.2, 0.25) is 0 Å². The first kappa shape index (κ1) is 14.8. The van der Waals surface area contributed by atoms with Crippen LogP contribution >= 0.6 is 11.6 Å². The van der Waals surface area contributed by atoms with Gasteiger partial charge in [-0.25, -0.2) is 4.68 Å². The third-order valence-electron chi connectivity index (χ3n) is 3.56. The van der Waals surface area contributed by atoms with Crippen molar-refractivity contribution in [2.24, 2.45) is 0 Å². The summed E-state index contributed by atoms with van der Waals surface area (Å²) in [5.74, 6) is 0. The zero-order valence-corrected chi connectivity index (χ0v) is 13.0. The number of aliphatic hydroxyl groups is 1. The Balaban J connectivity index is 2.04. The second kappa shape index (κ2) is 6.30. The minimum atomic E-state index is -0.147. The zero-order chi connectivity index (χ0) is 15.5. The first-order valence-corrected chi connectivity index (χ1v) is 7.40. The number of rotatable bonds is 4. The van der Waals surface area contributed by atoms with Gasteiger partial charge in [-0.3, -0.25) is 0 Å². The summed E-state index contributed by atoms with van der Waals surface area (Å²) in [6.07, 6.45) is 0. The number of nitrogens with zero attached hydrogens (tertiary/aromatic N) is 3. The molecule has 1 aromatic heterocycles. The molecule has 0 bridgehead atoms. The van der Waals surface area contributed by atoms with Crippen molar-refractivity contribution in [3.05, 3.63) is 70.4 Å². The van der Waals surface area contributed by atoms with E-state index >= 15 is 0 Å². The minimum absolute atomic E-state index is 0.147. The van der Waals surface area contributed by atoms with Crippen LogP contribution in [0.15, 0.2) is 48.5 Å². The summed E-state index contributed by atoms with van der Waals surface area (Å²) in [4.78, 5) is 0. The number of aliphatic hydroxyl groups excluding tert-OH is 1. The summed E-state index contributed by atoms with van der Waals surface area (Å²) in [6.45, 7) is 2.40. The van der Waals surface area contributed by atoms with Gasteiger partial charge in [0.15, 0.2) is 0 Å². The molecule has 0 saturated carbocycles. The average Bonchev–Trinajstić information content (AvgIpc) is 2.93. The number of halogens is 1. The van der Waals surface area contributed by atoms with Gasteiger partial charge in [-0.1, -0.05) is 64.8 Å². The summed E-state index contributed by atoms with van der Waals surface area (Å²) < 4.78 is 1.78. The lowest BCUT2D eigenvalue weighted by atomic mass is 10.1. The summed E-state index contributed by atoms with van der Waals surface area (Å²) in [5, 5.41) is 18.5. The molecule has 0 amide bonds. The standard InChI is InChI=1S/C17H16ClN3O/c1-12-6-8-13(9-7-12)17-16(11-22)19-20-21(17)10-14-4-2-3-5-15(14)18/h2-9,22H,10-11H2,1H3. The van der Waals surface area contributed by atoms with Crippen LogP contribution in [0.25, 0.3) is 11.3 Å². The van der Waals surface area contributed by atoms with E-state index in [2.05, 4.69) is 10.3 Å². The molecule has 0 aliphatic rings. The first-order chi connectivity index (χ1) is 10.7. The van der Waals surface area contributed by atoms with Crippen LogP contribution in [-0.2, 0) is 13.2 Å². The van der Waals surface area contributed by atoms with Crippen molar-refractivity contribution in [2.75, 3.05) is 0 Å². The van der Waals surface area contributed by atoms with Gasteiger partial charge < -0.3 is 5.11 Å². The molecule has 2 aromatic carbocycles. The maximum atomic E-state index is 9.53. The second-order valence-electron chi connectivity index (χ2n) is 5.16. The van der Waals surface area contributed by atoms with Gasteiger partial charge in [0, 0.05) is 10.6 Å². The number of aromatic nitrogens is 3. The molecule has 3 rings (SSSR count). The van der Waals surface area contributed by atoms with Crippen molar-refractivity contribution < 1.29 is 5.11 Å². The van der Waals surface area contributed by atoms with E-state index in [1.165, 1.54) is 5.56 Å². The molecule has 0 fully saturated rings. The fraction of sp³-hybridized carbons (Fsp3) is 0.176. The van der Waals surface area contributed by atoms with Crippen molar-refractivity contribution in [2.45, 2.75) is 20.1 Å². The van der Waals surface area contributed by atoms with Gasteiger partial charge in [0.25, 0.3) is 0 Å². The molecule has 0 atom stereocenters. The van der Waals surface area contributed by atoms with Crippen LogP contribution < -0.4 is 0 Å². The lowest BCUT2D eigenvalue weighted by molar-refractivity contribution is 0.277. The molecule has 0 aliphatic carbocycles. The monoisotopic (exact) mass is 313 g/mol. The Morgan fingerprint density at radius 3 is 2.50 bits per heavy atom. The van der Waals surface area contributed by atoms with Gasteiger partial charge in [0.1, 0.15) is 5.69 Å². The Labute approximate surface area is 134 Å². The first-order valence-electron chi connectivity index (χ1n) is 7.02. The van der Waals surface area contributed by atoms with E-state index in [0.29, 0.717) is 17.3 Å². The lowest BCUT2D eigenvalue weighted by Crippen LogP contribution is -2.05. The predicted octanol–water partition coefficient (Wildman–Crippen LogP) is 3.45. The van der Waals surface area contributed by atoms with Crippen LogP contribution in [-0.4, -0.2) is 20.1 Å². The summed E-state index contributed by atoms with van der Waals surface area (Å²) >= 11 is 6.22. The van der Waals surface area contributed by atoms with Crippen molar-refractivity contribution in [3.8, 4) is 11.3 Å². The molecule has 5 heteroatoms. The Hall–Kier alpha value is -2.17. The van der Waals surface area contributed by atoms with E-state index in [4.69, 9.17) is 11.6 Å². The normalized spacial score (nSPS) is 10.9. The van der Waals surface area contributed by atoms with Crippen molar-refractivity contribution >= 4 is 11.6 Å². The SMILES string of the molecule is Cc1ccc(-c2c(CO)nnn2Cc2ccccc2Cl)cc1. The maximum absolute atomic E-state index is 9.53. The Morgan fingerprint density at radius 1 is 1.09 bits per heavy atom. The van der Waals surface area contributed by atoms with E-state index in [9.17, 15) is 5.11 Å². The second-order valence-corrected chi connectivity index (χ2v) is 5.57. The highest BCUT2D eigenvalue weighted by atomic mass is 35.5. The van der Waals surface area contributed by atoms with Gasteiger partial charge in [-0.15, -0.1) is 5.10 Å². The molecule has 0 unspecified atom stereocenters. The molecule has 0 spiro atoms. The van der Waals surface area contributed by atoms with E-state index in [0.717, 1.165) is 16.8 Å². The summed E-state index contributed by atoms with van der Waals surface area (Å²) in [5.41, 5.74) is 4.51. The third-order valence-corrected chi connectivity index (χ3v) is 3.93.